The molecule has 0 radical (unpaired) electrons. The van der Waals surface area contributed by atoms with Crippen LogP contribution in [0, 0.1) is 12.3 Å². The fraction of sp³-hybridized carbons (Fsp3) is 0.583. The minimum absolute atomic E-state index is 0.0734. The summed E-state index contributed by atoms with van der Waals surface area (Å²) in [5.41, 5.74) is 1.05. The van der Waals surface area contributed by atoms with Crippen molar-refractivity contribution in [2.45, 2.75) is 27.2 Å². The van der Waals surface area contributed by atoms with Gasteiger partial charge in [0.2, 0.25) is 0 Å². The van der Waals surface area contributed by atoms with E-state index >= 15 is 0 Å². The van der Waals surface area contributed by atoms with Gasteiger partial charge in [-0.15, -0.1) is 11.3 Å². The van der Waals surface area contributed by atoms with Gasteiger partial charge in [0.25, 0.3) is 5.91 Å². The van der Waals surface area contributed by atoms with Crippen LogP contribution in [0.5, 0.6) is 0 Å². The zero-order valence-electron chi connectivity index (χ0n) is 10.3. The number of rotatable bonds is 5. The number of hydrogen-bond donors (Lipinski definition) is 1. The van der Waals surface area contributed by atoms with E-state index in [9.17, 15) is 4.79 Å². The van der Waals surface area contributed by atoms with Gasteiger partial charge in [0.15, 0.2) is 0 Å². The lowest BCUT2D eigenvalue weighted by Crippen LogP contribution is -2.34. The predicted molar refractivity (Wildman–Crippen MR) is 78.6 cm³/mol. The number of aryl methyl sites for hydroxylation is 1. The number of carbonyl (C=O) groups excluding carboxylic acids is 1. The van der Waals surface area contributed by atoms with Crippen molar-refractivity contribution in [3.8, 4) is 0 Å². The molecule has 0 saturated heterocycles. The van der Waals surface area contributed by atoms with Crippen LogP contribution in [0.2, 0.25) is 5.02 Å². The van der Waals surface area contributed by atoms with Crippen molar-refractivity contribution in [1.29, 1.82) is 0 Å². The van der Waals surface area contributed by atoms with Crippen LogP contribution in [0.1, 0.15) is 35.5 Å². The lowest BCUT2D eigenvalue weighted by Gasteiger charge is -2.23. The molecule has 0 aliphatic carbocycles. The summed E-state index contributed by atoms with van der Waals surface area (Å²) in [7, 11) is 0. The van der Waals surface area contributed by atoms with Gasteiger partial charge in [0.05, 0.1) is 5.02 Å². The Morgan fingerprint density at radius 1 is 1.59 bits per heavy atom. The molecule has 96 valence electrons. The van der Waals surface area contributed by atoms with Crippen LogP contribution in [0.15, 0.2) is 5.38 Å². The number of amides is 1. The average molecular weight is 339 g/mol. The van der Waals surface area contributed by atoms with Crippen LogP contribution in [0.25, 0.3) is 0 Å². The van der Waals surface area contributed by atoms with E-state index in [-0.39, 0.29) is 11.3 Å². The third-order valence-electron chi connectivity index (χ3n) is 2.60. The van der Waals surface area contributed by atoms with E-state index in [1.807, 2.05) is 12.3 Å². The molecule has 0 spiro atoms. The van der Waals surface area contributed by atoms with E-state index in [2.05, 4.69) is 35.1 Å². The van der Waals surface area contributed by atoms with Crippen molar-refractivity contribution >= 4 is 44.8 Å². The Morgan fingerprint density at radius 2 is 2.24 bits per heavy atom. The fourth-order valence-corrected chi connectivity index (χ4v) is 3.60. The average Bonchev–Trinajstić information content (AvgIpc) is 2.57. The maximum absolute atomic E-state index is 11.9. The summed E-state index contributed by atoms with van der Waals surface area (Å²) < 4.78 is 0. The van der Waals surface area contributed by atoms with Crippen LogP contribution in [-0.2, 0) is 0 Å². The van der Waals surface area contributed by atoms with Crippen LogP contribution >= 0.6 is 38.9 Å². The summed E-state index contributed by atoms with van der Waals surface area (Å²) in [5, 5.41) is 6.36. The number of carbonyl (C=O) groups is 1. The molecule has 0 aliphatic rings. The molecular weight excluding hydrogens is 322 g/mol. The highest BCUT2D eigenvalue weighted by atomic mass is 79.9. The molecule has 0 aromatic carbocycles. The van der Waals surface area contributed by atoms with Gasteiger partial charge in [-0.1, -0.05) is 41.4 Å². The second kappa shape index (κ2) is 6.21. The van der Waals surface area contributed by atoms with E-state index in [4.69, 9.17) is 11.6 Å². The Morgan fingerprint density at radius 3 is 2.71 bits per heavy atom. The highest BCUT2D eigenvalue weighted by Crippen LogP contribution is 2.27. The van der Waals surface area contributed by atoms with Gasteiger partial charge >= 0.3 is 0 Å². The minimum Gasteiger partial charge on any atom is -0.351 e. The molecule has 0 bridgehead atoms. The van der Waals surface area contributed by atoms with E-state index < -0.39 is 0 Å². The molecule has 1 aromatic heterocycles. The van der Waals surface area contributed by atoms with Crippen LogP contribution in [0.4, 0.5) is 0 Å². The number of halogens is 2. The maximum atomic E-state index is 11.9. The van der Waals surface area contributed by atoms with Gasteiger partial charge in [0, 0.05) is 11.9 Å². The molecule has 0 unspecified atom stereocenters. The monoisotopic (exact) mass is 337 g/mol. The molecule has 0 aliphatic heterocycles. The van der Waals surface area contributed by atoms with Gasteiger partial charge < -0.3 is 5.32 Å². The molecule has 1 heterocycles. The lowest BCUT2D eigenvalue weighted by molar-refractivity contribution is 0.0940. The van der Waals surface area contributed by atoms with Crippen LogP contribution < -0.4 is 5.32 Å². The van der Waals surface area contributed by atoms with Crippen molar-refractivity contribution < 1.29 is 4.79 Å². The molecule has 1 amide bonds. The molecule has 1 aromatic rings. The van der Waals surface area contributed by atoms with Crippen molar-refractivity contribution in [2.75, 3.05) is 11.9 Å². The number of thiophene rings is 1. The van der Waals surface area contributed by atoms with E-state index in [0.717, 1.165) is 17.3 Å². The zero-order chi connectivity index (χ0) is 13.1. The van der Waals surface area contributed by atoms with Gasteiger partial charge in [-0.3, -0.25) is 4.79 Å². The fourth-order valence-electron chi connectivity index (χ4n) is 1.33. The summed E-state index contributed by atoms with van der Waals surface area (Å²) >= 11 is 10.9. The quantitative estimate of drug-likeness (QED) is 0.799. The molecule has 1 N–H and O–H groups in total. The largest absolute Gasteiger partial charge is 0.351 e. The molecule has 2 nitrogen and oxygen atoms in total. The Bertz CT molecular complexity index is 403. The summed E-state index contributed by atoms with van der Waals surface area (Å²) in [4.78, 5) is 12.5. The third-order valence-corrected chi connectivity index (χ3v) is 4.70. The summed E-state index contributed by atoms with van der Waals surface area (Å²) in [6.45, 7) is 6.83. The molecule has 0 saturated carbocycles. The second-order valence-electron chi connectivity index (χ2n) is 4.85. The SMILES string of the molecule is Cc1csc(C(=O)NCC(C)(C)CCBr)c1Cl. The van der Waals surface area contributed by atoms with E-state index in [0.29, 0.717) is 16.4 Å². The standard InChI is InChI=1S/C12H17BrClNOS/c1-8-6-17-10(9(8)14)11(16)15-7-12(2,3)4-5-13/h6H,4-5,7H2,1-3H3,(H,15,16). The van der Waals surface area contributed by atoms with Crippen LogP contribution in [0.3, 0.4) is 0 Å². The Labute approximate surface area is 120 Å². The first-order valence-corrected chi connectivity index (χ1v) is 7.83. The molecule has 17 heavy (non-hydrogen) atoms. The van der Waals surface area contributed by atoms with E-state index in [1.165, 1.54) is 11.3 Å². The molecule has 5 heteroatoms. The second-order valence-corrected chi connectivity index (χ2v) is 6.90. The Balaban J connectivity index is 2.59. The Hall–Kier alpha value is -0.0600. The molecule has 0 atom stereocenters. The first-order valence-electron chi connectivity index (χ1n) is 5.45. The normalized spacial score (nSPS) is 11.6. The van der Waals surface area contributed by atoms with Crippen molar-refractivity contribution in [1.82, 2.24) is 5.32 Å². The summed E-state index contributed by atoms with van der Waals surface area (Å²) in [6.07, 6.45) is 1.02. The van der Waals surface area contributed by atoms with Crippen LogP contribution in [-0.4, -0.2) is 17.8 Å². The molecule has 0 fully saturated rings. The first-order chi connectivity index (χ1) is 7.87. The number of nitrogens with one attached hydrogen (secondary N) is 1. The smallest absolute Gasteiger partial charge is 0.262 e. The Kier molecular flexibility index (Phi) is 5.48. The lowest BCUT2D eigenvalue weighted by atomic mass is 9.90. The van der Waals surface area contributed by atoms with E-state index in [1.54, 1.807) is 0 Å². The van der Waals surface area contributed by atoms with Gasteiger partial charge in [-0.25, -0.2) is 0 Å². The highest BCUT2D eigenvalue weighted by Gasteiger charge is 2.20. The van der Waals surface area contributed by atoms with Crippen molar-refractivity contribution in [2.24, 2.45) is 5.41 Å². The van der Waals surface area contributed by atoms with Gasteiger partial charge in [-0.05, 0) is 29.7 Å². The summed E-state index contributed by atoms with van der Waals surface area (Å²) in [5.74, 6) is -0.0734. The number of hydrogen-bond acceptors (Lipinski definition) is 2. The minimum atomic E-state index is -0.0734. The summed E-state index contributed by atoms with van der Waals surface area (Å²) in [6, 6.07) is 0. The van der Waals surface area contributed by atoms with Crippen molar-refractivity contribution in [3.05, 3.63) is 20.8 Å². The van der Waals surface area contributed by atoms with Crippen molar-refractivity contribution in [3.63, 3.8) is 0 Å². The topological polar surface area (TPSA) is 29.1 Å². The highest BCUT2D eigenvalue weighted by molar-refractivity contribution is 9.09. The predicted octanol–water partition coefficient (Wildman–Crippen LogP) is 4.25. The van der Waals surface area contributed by atoms with Gasteiger partial charge in [-0.2, -0.15) is 0 Å². The number of alkyl halides is 1. The molecular formula is C12H17BrClNOS. The first kappa shape index (κ1) is 15.0. The molecule has 1 rings (SSSR count). The van der Waals surface area contributed by atoms with Gasteiger partial charge in [0.1, 0.15) is 4.88 Å². The zero-order valence-corrected chi connectivity index (χ0v) is 13.4. The maximum Gasteiger partial charge on any atom is 0.262 e. The third kappa shape index (κ3) is 4.27.